The van der Waals surface area contributed by atoms with Gasteiger partial charge in [-0.15, -0.1) is 0 Å². The van der Waals surface area contributed by atoms with E-state index in [1.165, 1.54) is 23.2 Å². The Morgan fingerprint density at radius 1 is 1.29 bits per heavy atom. The maximum Gasteiger partial charge on any atom is 0.117 e. The molecule has 0 radical (unpaired) electrons. The summed E-state index contributed by atoms with van der Waals surface area (Å²) < 4.78 is 10.3. The third-order valence-electron chi connectivity index (χ3n) is 3.81. The van der Waals surface area contributed by atoms with Gasteiger partial charge in [-0.25, -0.2) is 0 Å². The van der Waals surface area contributed by atoms with Gasteiger partial charge < -0.3 is 10.1 Å². The van der Waals surface area contributed by atoms with Crippen molar-refractivity contribution in [2.75, 3.05) is 5.32 Å². The van der Waals surface area contributed by atoms with Crippen LogP contribution in [0.3, 0.4) is 0 Å². The van der Waals surface area contributed by atoms with Gasteiger partial charge in [0.1, 0.15) is 5.00 Å². The summed E-state index contributed by atoms with van der Waals surface area (Å²) in [5.41, 5.74) is 1.09. The molecule has 4 rings (SSSR count). The van der Waals surface area contributed by atoms with Gasteiger partial charge in [0.15, 0.2) is 0 Å². The highest BCUT2D eigenvalue weighted by Crippen LogP contribution is 2.38. The van der Waals surface area contributed by atoms with Crippen molar-refractivity contribution < 1.29 is 4.74 Å². The summed E-state index contributed by atoms with van der Waals surface area (Å²) >= 11 is 1.56. The minimum absolute atomic E-state index is 0.417. The van der Waals surface area contributed by atoms with Crippen LogP contribution in [0.15, 0.2) is 24.3 Å². The molecule has 1 aromatic heterocycles. The lowest BCUT2D eigenvalue weighted by Crippen LogP contribution is -2.30. The van der Waals surface area contributed by atoms with Crippen LogP contribution in [0.4, 0.5) is 5.00 Å². The van der Waals surface area contributed by atoms with Crippen LogP contribution in [0.1, 0.15) is 19.3 Å². The van der Waals surface area contributed by atoms with E-state index in [2.05, 4.69) is 27.9 Å². The Labute approximate surface area is 104 Å². The number of nitrogens with zero attached hydrogens (tertiary/aromatic N) is 1. The van der Waals surface area contributed by atoms with Crippen molar-refractivity contribution in [3.05, 3.63) is 24.3 Å². The normalized spacial score (nSPS) is 31.2. The SMILES string of the molecule is c1ccc2c(NC3CC4CCC3O4)snc2c1. The van der Waals surface area contributed by atoms with E-state index in [0.717, 1.165) is 11.9 Å². The monoisotopic (exact) mass is 246 g/mol. The molecule has 0 spiro atoms. The second-order valence-corrected chi connectivity index (χ2v) is 5.66. The van der Waals surface area contributed by atoms with E-state index in [9.17, 15) is 0 Å². The fraction of sp³-hybridized carbons (Fsp3) is 0.462. The van der Waals surface area contributed by atoms with Gasteiger partial charge in [0.2, 0.25) is 0 Å². The average Bonchev–Trinajstić information content (AvgIpc) is 3.05. The van der Waals surface area contributed by atoms with Crippen LogP contribution in [-0.2, 0) is 4.74 Å². The third kappa shape index (κ3) is 1.55. The van der Waals surface area contributed by atoms with E-state index < -0.39 is 0 Å². The first-order valence-corrected chi connectivity index (χ1v) is 6.94. The molecule has 2 aliphatic heterocycles. The molecule has 2 fully saturated rings. The van der Waals surface area contributed by atoms with Crippen LogP contribution < -0.4 is 5.32 Å². The molecule has 3 heterocycles. The molecular weight excluding hydrogens is 232 g/mol. The average molecular weight is 246 g/mol. The predicted molar refractivity (Wildman–Crippen MR) is 69.5 cm³/mol. The maximum atomic E-state index is 5.87. The molecule has 2 saturated heterocycles. The van der Waals surface area contributed by atoms with Gasteiger partial charge in [-0.05, 0) is 42.9 Å². The van der Waals surface area contributed by atoms with Crippen LogP contribution in [-0.4, -0.2) is 22.6 Å². The van der Waals surface area contributed by atoms with Gasteiger partial charge in [-0.3, -0.25) is 0 Å². The first-order chi connectivity index (χ1) is 8.40. The highest BCUT2D eigenvalue weighted by Gasteiger charge is 2.40. The van der Waals surface area contributed by atoms with Crippen molar-refractivity contribution in [1.29, 1.82) is 0 Å². The lowest BCUT2D eigenvalue weighted by Gasteiger charge is -2.20. The zero-order chi connectivity index (χ0) is 11.2. The number of ether oxygens (including phenoxy) is 1. The van der Waals surface area contributed by atoms with E-state index in [0.29, 0.717) is 18.2 Å². The van der Waals surface area contributed by atoms with Crippen LogP contribution in [0.5, 0.6) is 0 Å². The minimum Gasteiger partial charge on any atom is -0.373 e. The van der Waals surface area contributed by atoms with Crippen molar-refractivity contribution in [1.82, 2.24) is 4.37 Å². The van der Waals surface area contributed by atoms with Gasteiger partial charge in [-0.2, -0.15) is 4.37 Å². The lowest BCUT2D eigenvalue weighted by molar-refractivity contribution is 0.102. The molecule has 0 saturated carbocycles. The molecule has 88 valence electrons. The zero-order valence-electron chi connectivity index (χ0n) is 9.43. The molecule has 3 nitrogen and oxygen atoms in total. The Morgan fingerprint density at radius 3 is 3.06 bits per heavy atom. The largest absolute Gasteiger partial charge is 0.373 e. The van der Waals surface area contributed by atoms with E-state index in [1.807, 2.05) is 6.07 Å². The smallest absolute Gasteiger partial charge is 0.117 e. The fourth-order valence-electron chi connectivity index (χ4n) is 2.95. The van der Waals surface area contributed by atoms with Crippen molar-refractivity contribution >= 4 is 27.4 Å². The van der Waals surface area contributed by atoms with Crippen molar-refractivity contribution in [2.24, 2.45) is 0 Å². The van der Waals surface area contributed by atoms with E-state index >= 15 is 0 Å². The highest BCUT2D eigenvalue weighted by atomic mass is 32.1. The van der Waals surface area contributed by atoms with E-state index in [4.69, 9.17) is 4.74 Å². The van der Waals surface area contributed by atoms with Crippen molar-refractivity contribution in [2.45, 2.75) is 37.5 Å². The Morgan fingerprint density at radius 2 is 2.24 bits per heavy atom. The van der Waals surface area contributed by atoms with Gasteiger partial charge in [0.25, 0.3) is 0 Å². The summed E-state index contributed by atoms with van der Waals surface area (Å²) in [7, 11) is 0. The van der Waals surface area contributed by atoms with Crippen LogP contribution >= 0.6 is 11.5 Å². The Hall–Kier alpha value is -1.13. The number of hydrogen-bond donors (Lipinski definition) is 1. The summed E-state index contributed by atoms with van der Waals surface area (Å²) in [4.78, 5) is 0. The quantitative estimate of drug-likeness (QED) is 0.884. The summed E-state index contributed by atoms with van der Waals surface area (Å²) in [6.07, 6.45) is 4.51. The van der Waals surface area contributed by atoms with Gasteiger partial charge in [-0.1, -0.05) is 12.1 Å². The summed E-state index contributed by atoms with van der Waals surface area (Å²) in [5.74, 6) is 0. The Bertz CT molecular complexity index is 553. The van der Waals surface area contributed by atoms with E-state index in [1.54, 1.807) is 11.5 Å². The fourth-order valence-corrected chi connectivity index (χ4v) is 3.78. The summed E-state index contributed by atoms with van der Waals surface area (Å²) in [5, 5.41) is 6.06. The van der Waals surface area contributed by atoms with Crippen LogP contribution in [0.2, 0.25) is 0 Å². The molecule has 3 atom stereocenters. The topological polar surface area (TPSA) is 34.1 Å². The Balaban J connectivity index is 1.63. The maximum absolute atomic E-state index is 5.87. The molecule has 17 heavy (non-hydrogen) atoms. The number of anilines is 1. The molecule has 2 aromatic rings. The number of fused-ring (bicyclic) bond motifs is 3. The van der Waals surface area contributed by atoms with Gasteiger partial charge in [0.05, 0.1) is 23.8 Å². The second-order valence-electron chi connectivity index (χ2n) is 4.89. The van der Waals surface area contributed by atoms with Crippen molar-refractivity contribution in [3.8, 4) is 0 Å². The zero-order valence-corrected chi connectivity index (χ0v) is 10.2. The molecule has 2 aliphatic rings. The number of nitrogens with one attached hydrogen (secondary N) is 1. The molecule has 3 unspecified atom stereocenters. The number of hydrogen-bond acceptors (Lipinski definition) is 4. The molecular formula is C13H14N2OS. The van der Waals surface area contributed by atoms with Crippen LogP contribution in [0, 0.1) is 0 Å². The molecule has 4 heteroatoms. The van der Waals surface area contributed by atoms with Gasteiger partial charge >= 0.3 is 0 Å². The number of rotatable bonds is 2. The first kappa shape index (κ1) is 9.85. The highest BCUT2D eigenvalue weighted by molar-refractivity contribution is 7.11. The Kier molecular flexibility index (Phi) is 2.13. The van der Waals surface area contributed by atoms with Crippen molar-refractivity contribution in [3.63, 3.8) is 0 Å². The molecule has 0 aliphatic carbocycles. The first-order valence-electron chi connectivity index (χ1n) is 6.16. The van der Waals surface area contributed by atoms with Crippen LogP contribution in [0.25, 0.3) is 10.9 Å². The third-order valence-corrected chi connectivity index (χ3v) is 4.61. The standard InChI is InChI=1S/C13H14N2OS/c1-2-4-10-9(3-1)13(17-15-10)14-11-7-8-5-6-12(11)16-8/h1-4,8,11-12,14H,5-7H2. The molecule has 2 bridgehead atoms. The summed E-state index contributed by atoms with van der Waals surface area (Å²) in [6, 6.07) is 8.78. The number of benzene rings is 1. The lowest BCUT2D eigenvalue weighted by atomic mass is 9.95. The molecule has 1 N–H and O–H groups in total. The number of aromatic nitrogens is 1. The van der Waals surface area contributed by atoms with E-state index in [-0.39, 0.29) is 0 Å². The summed E-state index contributed by atoms with van der Waals surface area (Å²) in [6.45, 7) is 0. The molecule has 1 aromatic carbocycles. The molecule has 0 amide bonds. The van der Waals surface area contributed by atoms with Gasteiger partial charge in [0, 0.05) is 5.39 Å². The second kappa shape index (κ2) is 3.68. The predicted octanol–water partition coefficient (Wildman–Crippen LogP) is 3.03. The minimum atomic E-state index is 0.417.